The van der Waals surface area contributed by atoms with Crippen molar-refractivity contribution < 1.29 is 39.2 Å². The van der Waals surface area contributed by atoms with Gasteiger partial charge in [-0.1, -0.05) is 0 Å². The van der Waals surface area contributed by atoms with Crippen molar-refractivity contribution in [2.75, 3.05) is 13.2 Å². The molecule has 0 spiro atoms. The van der Waals surface area contributed by atoms with E-state index in [4.69, 9.17) is 20.1 Å². The molecule has 8 nitrogen and oxygen atoms in total. The van der Waals surface area contributed by atoms with Crippen LogP contribution in [0.15, 0.2) is 0 Å². The fourth-order valence-electron chi connectivity index (χ4n) is 1.23. The third-order valence-corrected chi connectivity index (χ3v) is 2.07. The Labute approximate surface area is 109 Å². The lowest BCUT2D eigenvalue weighted by Gasteiger charge is -2.17. The highest BCUT2D eigenvalue weighted by Crippen LogP contribution is 2.09. The average molecular weight is 278 g/mol. The van der Waals surface area contributed by atoms with E-state index in [-0.39, 0.29) is 25.9 Å². The molecule has 0 rings (SSSR count). The van der Waals surface area contributed by atoms with Crippen LogP contribution < -0.4 is 0 Å². The summed E-state index contributed by atoms with van der Waals surface area (Å²) in [5.74, 6) is -2.63. The second kappa shape index (κ2) is 9.42. The number of rotatable bonds is 9. The van der Waals surface area contributed by atoms with E-state index in [1.807, 2.05) is 0 Å². The van der Waals surface area contributed by atoms with Crippen LogP contribution >= 0.6 is 0 Å². The number of esters is 2. The monoisotopic (exact) mass is 278 g/mol. The van der Waals surface area contributed by atoms with Crippen molar-refractivity contribution in [3.8, 4) is 0 Å². The molecule has 2 unspecified atom stereocenters. The summed E-state index contributed by atoms with van der Waals surface area (Å²) >= 11 is 0. The van der Waals surface area contributed by atoms with Gasteiger partial charge < -0.3 is 24.8 Å². The van der Waals surface area contributed by atoms with Crippen molar-refractivity contribution in [1.29, 1.82) is 0 Å². The Morgan fingerprint density at radius 2 is 1.89 bits per heavy atom. The molecule has 0 aliphatic carbocycles. The SMILES string of the molecule is CC(=O)OC(=O)CCC(CC(=O)O)OCC(O)CO. The molecule has 8 heteroatoms. The molecule has 0 fully saturated rings. The van der Waals surface area contributed by atoms with Gasteiger partial charge in [-0.2, -0.15) is 0 Å². The smallest absolute Gasteiger partial charge is 0.313 e. The largest absolute Gasteiger partial charge is 0.481 e. The van der Waals surface area contributed by atoms with Crippen LogP contribution in [-0.2, 0) is 23.9 Å². The van der Waals surface area contributed by atoms with Crippen molar-refractivity contribution in [2.45, 2.75) is 38.4 Å². The van der Waals surface area contributed by atoms with E-state index in [2.05, 4.69) is 4.74 Å². The number of aliphatic carboxylic acids is 1. The normalized spacial score (nSPS) is 13.6. The summed E-state index contributed by atoms with van der Waals surface area (Å²) in [6.45, 7) is 0.336. The van der Waals surface area contributed by atoms with Crippen LogP contribution in [0.25, 0.3) is 0 Å². The highest BCUT2D eigenvalue weighted by atomic mass is 16.6. The van der Waals surface area contributed by atoms with E-state index in [9.17, 15) is 14.4 Å². The van der Waals surface area contributed by atoms with Crippen molar-refractivity contribution >= 4 is 17.9 Å². The second-order valence-corrected chi connectivity index (χ2v) is 3.89. The number of carbonyl (C=O) groups is 3. The Morgan fingerprint density at radius 1 is 1.26 bits per heavy atom. The molecule has 0 heterocycles. The molecule has 2 atom stereocenters. The van der Waals surface area contributed by atoms with E-state index < -0.39 is 36.7 Å². The topological polar surface area (TPSA) is 130 Å². The first-order valence-corrected chi connectivity index (χ1v) is 5.68. The molecule has 0 saturated carbocycles. The Bertz CT molecular complexity index is 314. The molecule has 0 aliphatic rings. The van der Waals surface area contributed by atoms with Crippen LogP contribution in [0.3, 0.4) is 0 Å². The maximum Gasteiger partial charge on any atom is 0.313 e. The molecule has 0 aromatic rings. The summed E-state index contributed by atoms with van der Waals surface area (Å²) < 4.78 is 9.36. The van der Waals surface area contributed by atoms with Crippen molar-refractivity contribution in [3.05, 3.63) is 0 Å². The highest BCUT2D eigenvalue weighted by Gasteiger charge is 2.18. The van der Waals surface area contributed by atoms with Gasteiger partial charge in [0.2, 0.25) is 0 Å². The van der Waals surface area contributed by atoms with Gasteiger partial charge in [0.25, 0.3) is 0 Å². The third-order valence-electron chi connectivity index (χ3n) is 2.07. The number of carboxylic acid groups (broad SMARTS) is 1. The molecule has 0 amide bonds. The maximum atomic E-state index is 11.1. The summed E-state index contributed by atoms with van der Waals surface area (Å²) in [7, 11) is 0. The highest BCUT2D eigenvalue weighted by molar-refractivity contribution is 5.84. The van der Waals surface area contributed by atoms with Gasteiger partial charge in [0.05, 0.1) is 25.7 Å². The summed E-state index contributed by atoms with van der Waals surface area (Å²) in [6, 6.07) is 0. The first-order valence-electron chi connectivity index (χ1n) is 5.68. The van der Waals surface area contributed by atoms with E-state index >= 15 is 0 Å². The Kier molecular flexibility index (Phi) is 8.68. The standard InChI is InChI=1S/C11H18O8/c1-7(13)19-11(17)3-2-9(4-10(15)16)18-6-8(14)5-12/h8-9,12,14H,2-6H2,1H3,(H,15,16). The molecule has 0 aromatic carbocycles. The second-order valence-electron chi connectivity index (χ2n) is 3.89. The van der Waals surface area contributed by atoms with Crippen LogP contribution in [0.2, 0.25) is 0 Å². The number of aliphatic hydroxyl groups is 2. The summed E-state index contributed by atoms with van der Waals surface area (Å²) in [5, 5.41) is 26.3. The van der Waals surface area contributed by atoms with Gasteiger partial charge in [0.1, 0.15) is 6.10 Å². The van der Waals surface area contributed by atoms with E-state index in [1.165, 1.54) is 0 Å². The fraction of sp³-hybridized carbons (Fsp3) is 0.727. The number of hydrogen-bond acceptors (Lipinski definition) is 7. The molecule has 0 bridgehead atoms. The van der Waals surface area contributed by atoms with Gasteiger partial charge in [-0.05, 0) is 6.42 Å². The van der Waals surface area contributed by atoms with Crippen molar-refractivity contribution in [1.82, 2.24) is 0 Å². The quantitative estimate of drug-likeness (QED) is 0.364. The summed E-state index contributed by atoms with van der Waals surface area (Å²) in [5.41, 5.74) is 0. The van der Waals surface area contributed by atoms with Crippen LogP contribution in [0.5, 0.6) is 0 Å². The van der Waals surface area contributed by atoms with Crippen LogP contribution in [0.4, 0.5) is 0 Å². The fourth-order valence-corrected chi connectivity index (χ4v) is 1.23. The van der Waals surface area contributed by atoms with Crippen LogP contribution in [-0.4, -0.2) is 58.6 Å². The molecule has 0 saturated heterocycles. The lowest BCUT2D eigenvalue weighted by Crippen LogP contribution is -2.26. The zero-order valence-corrected chi connectivity index (χ0v) is 10.6. The van der Waals surface area contributed by atoms with Gasteiger partial charge >= 0.3 is 17.9 Å². The van der Waals surface area contributed by atoms with Gasteiger partial charge in [0, 0.05) is 13.3 Å². The first kappa shape index (κ1) is 17.5. The Morgan fingerprint density at radius 3 is 2.37 bits per heavy atom. The van der Waals surface area contributed by atoms with Gasteiger partial charge in [-0.15, -0.1) is 0 Å². The van der Waals surface area contributed by atoms with Crippen molar-refractivity contribution in [3.63, 3.8) is 0 Å². The van der Waals surface area contributed by atoms with Crippen LogP contribution in [0.1, 0.15) is 26.2 Å². The average Bonchev–Trinajstić information content (AvgIpc) is 2.30. The number of hydrogen-bond donors (Lipinski definition) is 3. The lowest BCUT2D eigenvalue weighted by molar-refractivity contribution is -0.159. The summed E-state index contributed by atoms with van der Waals surface area (Å²) in [6.07, 6.45) is -2.41. The first-order chi connectivity index (χ1) is 8.85. The zero-order valence-electron chi connectivity index (χ0n) is 10.6. The van der Waals surface area contributed by atoms with E-state index in [0.717, 1.165) is 6.92 Å². The molecule has 19 heavy (non-hydrogen) atoms. The zero-order chi connectivity index (χ0) is 14.8. The number of carbonyl (C=O) groups excluding carboxylic acids is 2. The minimum atomic E-state index is -1.12. The lowest BCUT2D eigenvalue weighted by atomic mass is 10.1. The van der Waals surface area contributed by atoms with Gasteiger partial charge in [-0.25, -0.2) is 0 Å². The molecule has 0 aliphatic heterocycles. The Hall–Kier alpha value is -1.51. The molecule has 0 aromatic heterocycles. The minimum absolute atomic E-state index is 0.0383. The molecule has 3 N–H and O–H groups in total. The van der Waals surface area contributed by atoms with Gasteiger partial charge in [-0.3, -0.25) is 14.4 Å². The van der Waals surface area contributed by atoms with Crippen molar-refractivity contribution in [2.24, 2.45) is 0 Å². The number of ether oxygens (including phenoxy) is 2. The van der Waals surface area contributed by atoms with E-state index in [0.29, 0.717) is 0 Å². The van der Waals surface area contributed by atoms with Crippen LogP contribution in [0, 0.1) is 0 Å². The molecular weight excluding hydrogens is 260 g/mol. The predicted molar refractivity (Wildman–Crippen MR) is 61.1 cm³/mol. The summed E-state index contributed by atoms with van der Waals surface area (Å²) in [4.78, 5) is 32.2. The molecule has 0 radical (unpaired) electrons. The third kappa shape index (κ3) is 10.1. The maximum absolute atomic E-state index is 11.1. The predicted octanol–water partition coefficient (Wildman–Crippen LogP) is -0.931. The number of aliphatic hydroxyl groups excluding tert-OH is 2. The number of carboxylic acids is 1. The molecule has 110 valence electrons. The minimum Gasteiger partial charge on any atom is -0.481 e. The molecular formula is C11H18O8. The van der Waals surface area contributed by atoms with E-state index in [1.54, 1.807) is 0 Å². The van der Waals surface area contributed by atoms with Gasteiger partial charge in [0.15, 0.2) is 0 Å². The Balaban J connectivity index is 4.15.